The maximum atomic E-state index is 12.3. The van der Waals surface area contributed by atoms with Crippen molar-refractivity contribution >= 4 is 5.91 Å². The molecule has 0 radical (unpaired) electrons. The van der Waals surface area contributed by atoms with Gasteiger partial charge in [0.2, 0.25) is 5.91 Å². The Bertz CT molecular complexity index is 452. The first-order valence-electron chi connectivity index (χ1n) is 12.9. The van der Waals surface area contributed by atoms with Gasteiger partial charge >= 0.3 is 0 Å². The molecule has 5 heteroatoms. The van der Waals surface area contributed by atoms with E-state index in [2.05, 4.69) is 31.3 Å². The molecule has 2 atom stereocenters. The van der Waals surface area contributed by atoms with Gasteiger partial charge in [-0.3, -0.25) is 4.79 Å². The number of aliphatic hydroxyl groups excluding tert-OH is 2. The Morgan fingerprint density at radius 3 is 1.87 bits per heavy atom. The lowest BCUT2D eigenvalue weighted by molar-refractivity contribution is -0.921. The number of carbonyl (C=O) groups is 1. The fourth-order valence-electron chi connectivity index (χ4n) is 4.15. The first kappa shape index (κ1) is 30.1. The summed E-state index contributed by atoms with van der Waals surface area (Å²) < 4.78 is 0.469. The van der Waals surface area contributed by atoms with Crippen LogP contribution < -0.4 is 5.32 Å². The molecule has 31 heavy (non-hydrogen) atoms. The van der Waals surface area contributed by atoms with Crippen molar-refractivity contribution in [3.63, 3.8) is 0 Å². The number of carbonyl (C=O) groups excluding carboxylic acids is 1. The van der Waals surface area contributed by atoms with Gasteiger partial charge in [-0.15, -0.1) is 0 Å². The zero-order valence-electron chi connectivity index (χ0n) is 21.1. The van der Waals surface area contributed by atoms with Gasteiger partial charge in [0.05, 0.1) is 27.2 Å². The lowest BCUT2D eigenvalue weighted by Crippen LogP contribution is -2.63. The Balaban J connectivity index is 3.79. The normalized spacial score (nSPS) is 14.1. The molecule has 1 amide bonds. The second-order valence-corrected chi connectivity index (χ2v) is 9.60. The van der Waals surface area contributed by atoms with Crippen LogP contribution in [-0.2, 0) is 4.79 Å². The number of hydrogen-bond acceptors (Lipinski definition) is 3. The van der Waals surface area contributed by atoms with Gasteiger partial charge in [-0.1, -0.05) is 77.4 Å². The van der Waals surface area contributed by atoms with Crippen LogP contribution in [0.2, 0.25) is 0 Å². The largest absolute Gasteiger partial charge is 0.393 e. The van der Waals surface area contributed by atoms with Crippen LogP contribution in [0.15, 0.2) is 12.2 Å². The van der Waals surface area contributed by atoms with E-state index in [0.29, 0.717) is 10.9 Å². The number of nitrogens with one attached hydrogen (secondary N) is 1. The molecule has 0 rings (SSSR count). The van der Waals surface area contributed by atoms with Crippen molar-refractivity contribution in [3.05, 3.63) is 12.2 Å². The molecule has 0 aliphatic carbocycles. The molecule has 0 aromatic carbocycles. The maximum absolute atomic E-state index is 12.3. The van der Waals surface area contributed by atoms with Crippen molar-refractivity contribution in [1.82, 2.24) is 5.32 Å². The Hall–Kier alpha value is -0.910. The Labute approximate surface area is 192 Å². The van der Waals surface area contributed by atoms with E-state index in [0.717, 1.165) is 25.8 Å². The molecule has 184 valence electrons. The van der Waals surface area contributed by atoms with E-state index in [1.165, 1.54) is 70.6 Å². The average molecular weight is 442 g/mol. The molecular weight excluding hydrogens is 388 g/mol. The monoisotopic (exact) mass is 441 g/mol. The number of allylic oxidation sites excluding steroid dienone is 2. The number of nitrogens with zero attached hydrogens (tertiary/aromatic N) is 1. The Kier molecular flexibility index (Phi) is 19.2. The summed E-state index contributed by atoms with van der Waals surface area (Å²) in [6, 6.07) is 0. The molecule has 0 aliphatic rings. The SMILES string of the molecule is CCCCCCCCC=CCCCCCCCC(=O)NC(C(O)CO)[N+](C)(C)CCC. The van der Waals surface area contributed by atoms with Crippen LogP contribution in [0.5, 0.6) is 0 Å². The van der Waals surface area contributed by atoms with Crippen LogP contribution in [0.25, 0.3) is 0 Å². The Morgan fingerprint density at radius 2 is 1.35 bits per heavy atom. The summed E-state index contributed by atoms with van der Waals surface area (Å²) in [5.41, 5.74) is 0. The van der Waals surface area contributed by atoms with Gasteiger partial charge in [-0.2, -0.15) is 0 Å². The highest BCUT2D eigenvalue weighted by Crippen LogP contribution is 2.12. The van der Waals surface area contributed by atoms with Crippen LogP contribution in [0, 0.1) is 0 Å². The molecule has 0 aliphatic heterocycles. The number of amides is 1. The van der Waals surface area contributed by atoms with Crippen molar-refractivity contribution < 1.29 is 19.5 Å². The minimum absolute atomic E-state index is 0.0302. The fourth-order valence-corrected chi connectivity index (χ4v) is 4.15. The van der Waals surface area contributed by atoms with Gasteiger partial charge < -0.3 is 20.0 Å². The highest BCUT2D eigenvalue weighted by Gasteiger charge is 2.34. The van der Waals surface area contributed by atoms with Gasteiger partial charge in [-0.25, -0.2) is 0 Å². The van der Waals surface area contributed by atoms with E-state index in [1.807, 2.05) is 14.1 Å². The number of aliphatic hydroxyl groups is 2. The Morgan fingerprint density at radius 1 is 0.839 bits per heavy atom. The first-order chi connectivity index (χ1) is 14.9. The summed E-state index contributed by atoms with van der Waals surface area (Å²) in [7, 11) is 3.96. The quantitative estimate of drug-likeness (QED) is 0.0979. The van der Waals surface area contributed by atoms with Gasteiger partial charge in [0.1, 0.15) is 6.10 Å². The summed E-state index contributed by atoms with van der Waals surface area (Å²) >= 11 is 0. The number of rotatable bonds is 21. The standard InChI is InChI=1S/C26H52N2O3/c1-5-7-8-9-10-11-12-13-14-15-16-17-18-19-20-21-25(31)27-26(24(30)23-29)28(3,4)22-6-2/h13-14,24,26,29-30H,5-12,15-23H2,1-4H3/p+1. The van der Waals surface area contributed by atoms with Crippen molar-refractivity contribution in [2.45, 2.75) is 122 Å². The van der Waals surface area contributed by atoms with E-state index >= 15 is 0 Å². The molecule has 0 saturated carbocycles. The zero-order chi connectivity index (χ0) is 23.4. The van der Waals surface area contributed by atoms with Crippen LogP contribution >= 0.6 is 0 Å². The minimum atomic E-state index is -0.945. The number of hydrogen-bond donors (Lipinski definition) is 3. The summed E-state index contributed by atoms with van der Waals surface area (Å²) in [5.74, 6) is -0.0302. The molecule has 0 fully saturated rings. The smallest absolute Gasteiger partial charge is 0.224 e. The second kappa shape index (κ2) is 19.8. The zero-order valence-corrected chi connectivity index (χ0v) is 21.1. The molecule has 5 nitrogen and oxygen atoms in total. The minimum Gasteiger partial charge on any atom is -0.393 e. The highest BCUT2D eigenvalue weighted by atomic mass is 16.3. The summed E-state index contributed by atoms with van der Waals surface area (Å²) in [5, 5.41) is 22.5. The summed E-state index contributed by atoms with van der Waals surface area (Å²) in [4.78, 5) is 12.3. The lowest BCUT2D eigenvalue weighted by Gasteiger charge is -2.40. The third-order valence-electron chi connectivity index (χ3n) is 6.08. The molecule has 0 heterocycles. The van der Waals surface area contributed by atoms with E-state index < -0.39 is 12.3 Å². The molecule has 2 unspecified atom stereocenters. The van der Waals surface area contributed by atoms with Gasteiger partial charge in [0, 0.05) is 6.42 Å². The third kappa shape index (κ3) is 16.4. The first-order valence-corrected chi connectivity index (χ1v) is 12.9. The van der Waals surface area contributed by atoms with Gasteiger partial charge in [0.15, 0.2) is 6.17 Å². The average Bonchev–Trinajstić information content (AvgIpc) is 2.74. The van der Waals surface area contributed by atoms with Crippen LogP contribution in [0.4, 0.5) is 0 Å². The van der Waals surface area contributed by atoms with Crippen LogP contribution in [-0.4, -0.2) is 60.1 Å². The topological polar surface area (TPSA) is 69.6 Å². The van der Waals surface area contributed by atoms with E-state index in [9.17, 15) is 15.0 Å². The maximum Gasteiger partial charge on any atom is 0.224 e. The van der Waals surface area contributed by atoms with E-state index in [4.69, 9.17) is 0 Å². The van der Waals surface area contributed by atoms with Gasteiger partial charge in [-0.05, 0) is 38.5 Å². The highest BCUT2D eigenvalue weighted by molar-refractivity contribution is 5.76. The lowest BCUT2D eigenvalue weighted by atomic mass is 10.1. The van der Waals surface area contributed by atoms with Crippen LogP contribution in [0.1, 0.15) is 110 Å². The van der Waals surface area contributed by atoms with Crippen molar-refractivity contribution in [2.24, 2.45) is 0 Å². The number of quaternary nitrogens is 1. The van der Waals surface area contributed by atoms with Crippen molar-refractivity contribution in [1.29, 1.82) is 0 Å². The van der Waals surface area contributed by atoms with Crippen LogP contribution in [0.3, 0.4) is 0 Å². The van der Waals surface area contributed by atoms with E-state index in [1.54, 1.807) is 0 Å². The predicted octanol–water partition coefficient (Wildman–Crippen LogP) is 5.31. The summed E-state index contributed by atoms with van der Waals surface area (Å²) in [6.45, 7) is 4.82. The van der Waals surface area contributed by atoms with E-state index in [-0.39, 0.29) is 12.5 Å². The molecule has 0 saturated heterocycles. The third-order valence-corrected chi connectivity index (χ3v) is 6.08. The van der Waals surface area contributed by atoms with Gasteiger partial charge in [0.25, 0.3) is 0 Å². The second-order valence-electron chi connectivity index (χ2n) is 9.60. The number of unbranched alkanes of at least 4 members (excludes halogenated alkanes) is 11. The molecule has 0 aromatic rings. The van der Waals surface area contributed by atoms with Crippen molar-refractivity contribution in [3.8, 4) is 0 Å². The molecule has 0 spiro atoms. The fraction of sp³-hybridized carbons (Fsp3) is 0.885. The summed E-state index contributed by atoms with van der Waals surface area (Å²) in [6.07, 6.45) is 20.8. The predicted molar refractivity (Wildman–Crippen MR) is 132 cm³/mol. The molecular formula is C26H53N2O3+. The number of likely N-dealkylation sites (N-methyl/N-ethyl adjacent to an activating group) is 1. The van der Waals surface area contributed by atoms with Crippen molar-refractivity contribution in [2.75, 3.05) is 27.2 Å². The molecule has 0 bridgehead atoms. The molecule has 3 N–H and O–H groups in total. The molecule has 0 aromatic heterocycles.